The van der Waals surface area contributed by atoms with Crippen molar-refractivity contribution in [3.8, 4) is 0 Å². The molecule has 0 aliphatic heterocycles. The fraction of sp³-hybridized carbons (Fsp3) is 0.125. The van der Waals surface area contributed by atoms with E-state index >= 15 is 0 Å². The Kier molecular flexibility index (Phi) is 3.33. The first kappa shape index (κ1) is 11.8. The Balaban J connectivity index is 3.14. The Hall–Kier alpha value is -2.25. The van der Waals surface area contributed by atoms with Gasteiger partial charge in [0.05, 0.1) is 10.6 Å². The highest BCUT2D eigenvalue weighted by Crippen LogP contribution is 2.24. The highest BCUT2D eigenvalue weighted by atomic mass is 19.1. The number of nitrogens with one attached hydrogen (secondary N) is 2. The van der Waals surface area contributed by atoms with Crippen molar-refractivity contribution in [2.24, 2.45) is 0 Å². The number of carbonyl (C=O) groups excluding carboxylic acids is 1. The van der Waals surface area contributed by atoms with Crippen molar-refractivity contribution in [3.63, 3.8) is 0 Å². The summed E-state index contributed by atoms with van der Waals surface area (Å²) in [5.41, 5.74) is -1.37. The van der Waals surface area contributed by atoms with Gasteiger partial charge in [0.15, 0.2) is 0 Å². The molecule has 86 valence electrons. The average molecular weight is 231 g/mol. The molecule has 0 heterocycles. The van der Waals surface area contributed by atoms with Crippen LogP contribution in [-0.2, 0) is 0 Å². The number of amides is 2. The molecule has 1 aromatic carbocycles. The van der Waals surface area contributed by atoms with Crippen LogP contribution >= 0.6 is 0 Å². The maximum Gasteiger partial charge on any atom is 0.319 e. The number of rotatable bonds is 2. The van der Waals surface area contributed by atoms with E-state index in [2.05, 4.69) is 5.32 Å². The smallest absolute Gasteiger partial charge is 0.319 e. The first-order valence-corrected chi connectivity index (χ1v) is 4.08. The number of nitrogens with zero attached hydrogens (tertiary/aromatic N) is 1. The van der Waals surface area contributed by atoms with Gasteiger partial charge in [0.1, 0.15) is 5.82 Å². The normalized spacial score (nSPS) is 9.69. The third-order valence-corrected chi connectivity index (χ3v) is 1.71. The van der Waals surface area contributed by atoms with Gasteiger partial charge in [0.2, 0.25) is 5.82 Å². The standard InChI is InChI=1S/C8H7F2N3O3/c1-11-8(14)12-6-3-7(13(15)16)5(10)2-4(6)9/h2-3H,1H3,(H2,11,12,14). The largest absolute Gasteiger partial charge is 0.341 e. The summed E-state index contributed by atoms with van der Waals surface area (Å²) < 4.78 is 26.0. The molecular weight excluding hydrogens is 224 g/mol. The minimum atomic E-state index is -1.30. The second-order valence-electron chi connectivity index (χ2n) is 2.74. The van der Waals surface area contributed by atoms with Gasteiger partial charge in [0.25, 0.3) is 0 Å². The SMILES string of the molecule is CNC(=O)Nc1cc([N+](=O)[O-])c(F)cc1F. The number of hydrogen-bond acceptors (Lipinski definition) is 3. The zero-order valence-corrected chi connectivity index (χ0v) is 8.08. The lowest BCUT2D eigenvalue weighted by Crippen LogP contribution is -2.25. The van der Waals surface area contributed by atoms with Gasteiger partial charge in [-0.3, -0.25) is 10.1 Å². The summed E-state index contributed by atoms with van der Waals surface area (Å²) >= 11 is 0. The fourth-order valence-electron chi connectivity index (χ4n) is 0.958. The molecule has 0 atom stereocenters. The molecule has 0 radical (unpaired) electrons. The molecule has 0 saturated heterocycles. The van der Waals surface area contributed by atoms with E-state index in [9.17, 15) is 23.7 Å². The van der Waals surface area contributed by atoms with Crippen molar-refractivity contribution in [1.29, 1.82) is 0 Å². The topological polar surface area (TPSA) is 84.3 Å². The van der Waals surface area contributed by atoms with Crippen molar-refractivity contribution in [2.45, 2.75) is 0 Å². The molecule has 1 aromatic rings. The second-order valence-corrected chi connectivity index (χ2v) is 2.74. The molecule has 2 N–H and O–H groups in total. The van der Waals surface area contributed by atoms with Crippen molar-refractivity contribution >= 4 is 17.4 Å². The fourth-order valence-corrected chi connectivity index (χ4v) is 0.958. The number of anilines is 1. The molecule has 2 amide bonds. The Labute approximate surface area is 88.4 Å². The number of nitro groups is 1. The van der Waals surface area contributed by atoms with Crippen LogP contribution in [0.2, 0.25) is 0 Å². The van der Waals surface area contributed by atoms with Gasteiger partial charge in [-0.2, -0.15) is 4.39 Å². The van der Waals surface area contributed by atoms with Crippen LogP contribution in [0.3, 0.4) is 0 Å². The van der Waals surface area contributed by atoms with E-state index in [1.807, 2.05) is 5.32 Å². The van der Waals surface area contributed by atoms with Crippen molar-refractivity contribution < 1.29 is 18.5 Å². The summed E-state index contributed by atoms with van der Waals surface area (Å²) in [5.74, 6) is -2.39. The number of carbonyl (C=O) groups is 1. The predicted molar refractivity (Wildman–Crippen MR) is 51.1 cm³/mol. The van der Waals surface area contributed by atoms with Crippen LogP contribution in [0.25, 0.3) is 0 Å². The molecule has 1 rings (SSSR count). The number of urea groups is 1. The van der Waals surface area contributed by atoms with Gasteiger partial charge in [-0.05, 0) is 0 Å². The molecule has 6 nitrogen and oxygen atoms in total. The van der Waals surface area contributed by atoms with Crippen LogP contribution in [0.5, 0.6) is 0 Å². The van der Waals surface area contributed by atoms with Crippen LogP contribution < -0.4 is 10.6 Å². The summed E-state index contributed by atoms with van der Waals surface area (Å²) in [6, 6.07) is 0.184. The zero-order chi connectivity index (χ0) is 12.3. The minimum Gasteiger partial charge on any atom is -0.341 e. The van der Waals surface area contributed by atoms with E-state index in [0.29, 0.717) is 12.1 Å². The Morgan fingerprint density at radius 2 is 2.00 bits per heavy atom. The maximum absolute atomic E-state index is 13.1. The van der Waals surface area contributed by atoms with E-state index in [0.717, 1.165) is 0 Å². The molecule has 0 bridgehead atoms. The van der Waals surface area contributed by atoms with Gasteiger partial charge in [-0.25, -0.2) is 9.18 Å². The summed E-state index contributed by atoms with van der Waals surface area (Å²) in [4.78, 5) is 20.2. The Bertz CT molecular complexity index is 450. The Morgan fingerprint density at radius 1 is 1.38 bits per heavy atom. The van der Waals surface area contributed by atoms with E-state index in [1.54, 1.807) is 0 Å². The highest BCUT2D eigenvalue weighted by molar-refractivity contribution is 5.89. The molecule has 0 saturated carbocycles. The molecular formula is C8H7F2N3O3. The minimum absolute atomic E-state index is 0.337. The van der Waals surface area contributed by atoms with Crippen LogP contribution in [-0.4, -0.2) is 18.0 Å². The summed E-state index contributed by atoms with van der Waals surface area (Å²) in [7, 11) is 1.28. The van der Waals surface area contributed by atoms with Gasteiger partial charge in [-0.1, -0.05) is 0 Å². The molecule has 8 heteroatoms. The Morgan fingerprint density at radius 3 is 2.50 bits per heavy atom. The lowest BCUT2D eigenvalue weighted by atomic mass is 10.2. The van der Waals surface area contributed by atoms with Gasteiger partial charge in [-0.15, -0.1) is 0 Å². The number of benzene rings is 1. The highest BCUT2D eigenvalue weighted by Gasteiger charge is 2.19. The maximum atomic E-state index is 13.1. The summed E-state index contributed by atoms with van der Waals surface area (Å²) in [5, 5.41) is 14.5. The quantitative estimate of drug-likeness (QED) is 0.599. The van der Waals surface area contributed by atoms with Gasteiger partial charge in [0, 0.05) is 19.2 Å². The molecule has 0 fully saturated rings. The monoisotopic (exact) mass is 231 g/mol. The van der Waals surface area contributed by atoms with Crippen LogP contribution in [0.4, 0.5) is 25.0 Å². The van der Waals surface area contributed by atoms with Crippen LogP contribution in [0, 0.1) is 21.7 Å². The van der Waals surface area contributed by atoms with E-state index in [-0.39, 0.29) is 0 Å². The number of hydrogen-bond donors (Lipinski definition) is 2. The lowest BCUT2D eigenvalue weighted by molar-refractivity contribution is -0.387. The lowest BCUT2D eigenvalue weighted by Gasteiger charge is -2.05. The van der Waals surface area contributed by atoms with Crippen LogP contribution in [0.15, 0.2) is 12.1 Å². The van der Waals surface area contributed by atoms with E-state index in [4.69, 9.17) is 0 Å². The average Bonchev–Trinajstić information content (AvgIpc) is 2.21. The summed E-state index contributed by atoms with van der Waals surface area (Å²) in [6.45, 7) is 0. The predicted octanol–water partition coefficient (Wildman–Crippen LogP) is 1.62. The zero-order valence-electron chi connectivity index (χ0n) is 8.08. The third kappa shape index (κ3) is 2.41. The molecule has 0 unspecified atom stereocenters. The first-order chi connectivity index (χ1) is 7.45. The number of halogens is 2. The van der Waals surface area contributed by atoms with Crippen molar-refractivity contribution in [2.75, 3.05) is 12.4 Å². The molecule has 0 aliphatic rings. The van der Waals surface area contributed by atoms with Crippen molar-refractivity contribution in [3.05, 3.63) is 33.9 Å². The molecule has 16 heavy (non-hydrogen) atoms. The van der Waals surface area contributed by atoms with Gasteiger partial charge < -0.3 is 10.6 Å². The first-order valence-electron chi connectivity index (χ1n) is 4.08. The number of nitro benzene ring substituents is 1. The van der Waals surface area contributed by atoms with Crippen LogP contribution in [0.1, 0.15) is 0 Å². The molecule has 0 spiro atoms. The molecule has 0 aromatic heterocycles. The summed E-state index contributed by atoms with van der Waals surface area (Å²) in [6.07, 6.45) is 0. The molecule has 0 aliphatic carbocycles. The van der Waals surface area contributed by atoms with Crippen molar-refractivity contribution in [1.82, 2.24) is 5.32 Å². The third-order valence-electron chi connectivity index (χ3n) is 1.71. The second kappa shape index (κ2) is 4.51. The van der Waals surface area contributed by atoms with E-state index in [1.165, 1.54) is 7.05 Å². The van der Waals surface area contributed by atoms with E-state index < -0.39 is 34.0 Å². The van der Waals surface area contributed by atoms with Gasteiger partial charge >= 0.3 is 11.7 Å².